The van der Waals surface area contributed by atoms with Crippen molar-refractivity contribution >= 4 is 0 Å². The van der Waals surface area contributed by atoms with Crippen molar-refractivity contribution in [3.05, 3.63) is 34.9 Å². The first-order valence-electron chi connectivity index (χ1n) is 3.95. The number of halogens is 2. The van der Waals surface area contributed by atoms with E-state index in [1.807, 2.05) is 0 Å². The largest absolute Gasteiger partial charge is 0.312 e. The van der Waals surface area contributed by atoms with Crippen LogP contribution in [0.2, 0.25) is 0 Å². The van der Waals surface area contributed by atoms with Crippen molar-refractivity contribution in [3.63, 3.8) is 0 Å². The molecule has 1 aliphatic rings. The van der Waals surface area contributed by atoms with Gasteiger partial charge in [-0.3, -0.25) is 0 Å². The highest BCUT2D eigenvalue weighted by Crippen LogP contribution is 2.19. The molecule has 1 aliphatic heterocycles. The summed E-state index contributed by atoms with van der Waals surface area (Å²) in [5, 5.41) is 3.00. The Morgan fingerprint density at radius 2 is 2.08 bits per heavy atom. The Morgan fingerprint density at radius 1 is 1.25 bits per heavy atom. The molecular formula is C9H9F2N. The number of benzene rings is 1. The number of nitrogens with one attached hydrogen (secondary N) is 1. The summed E-state index contributed by atoms with van der Waals surface area (Å²) in [5.74, 6) is -1.45. The summed E-state index contributed by atoms with van der Waals surface area (Å²) in [6.45, 7) is 1.29. The monoisotopic (exact) mass is 169 g/mol. The van der Waals surface area contributed by atoms with Crippen LogP contribution in [0.3, 0.4) is 0 Å². The third kappa shape index (κ3) is 1.10. The standard InChI is InChI=1S/C9H9F2N/c10-8-2-1-6-3-4-12-5-7(6)9(8)11/h1-2,12H,3-5H2. The lowest BCUT2D eigenvalue weighted by Gasteiger charge is -2.17. The van der Waals surface area contributed by atoms with E-state index in [2.05, 4.69) is 5.32 Å². The van der Waals surface area contributed by atoms with E-state index in [-0.39, 0.29) is 0 Å². The van der Waals surface area contributed by atoms with Gasteiger partial charge in [-0.15, -0.1) is 0 Å². The maximum absolute atomic E-state index is 13.1. The van der Waals surface area contributed by atoms with Gasteiger partial charge in [0.1, 0.15) is 0 Å². The quantitative estimate of drug-likeness (QED) is 0.622. The Labute approximate surface area is 69.4 Å². The van der Waals surface area contributed by atoms with Crippen molar-refractivity contribution in [1.82, 2.24) is 5.32 Å². The summed E-state index contributed by atoms with van der Waals surface area (Å²) in [7, 11) is 0. The van der Waals surface area contributed by atoms with Gasteiger partial charge in [-0.05, 0) is 24.6 Å². The van der Waals surface area contributed by atoms with E-state index in [1.54, 1.807) is 6.07 Å². The smallest absolute Gasteiger partial charge is 0.163 e. The summed E-state index contributed by atoms with van der Waals surface area (Å²) >= 11 is 0. The van der Waals surface area contributed by atoms with Gasteiger partial charge in [-0.1, -0.05) is 6.07 Å². The van der Waals surface area contributed by atoms with Gasteiger partial charge >= 0.3 is 0 Å². The molecule has 0 saturated heterocycles. The minimum atomic E-state index is -0.752. The topological polar surface area (TPSA) is 12.0 Å². The first kappa shape index (κ1) is 7.68. The van der Waals surface area contributed by atoms with Crippen LogP contribution in [0.4, 0.5) is 8.78 Å². The highest BCUT2D eigenvalue weighted by Gasteiger charge is 2.15. The SMILES string of the molecule is Fc1ccc2c(c1F)CNCC2. The van der Waals surface area contributed by atoms with Gasteiger partial charge in [0.05, 0.1) is 0 Å². The molecule has 1 nitrogen and oxygen atoms in total. The van der Waals surface area contributed by atoms with E-state index >= 15 is 0 Å². The van der Waals surface area contributed by atoms with E-state index < -0.39 is 11.6 Å². The molecule has 0 unspecified atom stereocenters. The zero-order valence-electron chi connectivity index (χ0n) is 6.53. The van der Waals surface area contributed by atoms with Gasteiger partial charge in [-0.25, -0.2) is 8.78 Å². The first-order valence-corrected chi connectivity index (χ1v) is 3.95. The number of hydrogen-bond donors (Lipinski definition) is 1. The zero-order valence-corrected chi connectivity index (χ0v) is 6.53. The maximum atomic E-state index is 13.1. The summed E-state index contributed by atoms with van der Waals surface area (Å²) in [6.07, 6.45) is 0.784. The third-order valence-corrected chi connectivity index (χ3v) is 2.17. The van der Waals surface area contributed by atoms with Crippen molar-refractivity contribution in [2.24, 2.45) is 0 Å². The summed E-state index contributed by atoms with van der Waals surface area (Å²) < 4.78 is 25.8. The minimum absolute atomic E-state index is 0.443. The highest BCUT2D eigenvalue weighted by molar-refractivity contribution is 5.31. The number of rotatable bonds is 0. The van der Waals surface area contributed by atoms with Crippen LogP contribution in [-0.4, -0.2) is 6.54 Å². The Hall–Kier alpha value is -0.960. The Bertz CT molecular complexity index is 310. The molecular weight excluding hydrogens is 160 g/mol. The maximum Gasteiger partial charge on any atom is 0.163 e. The van der Waals surface area contributed by atoms with Crippen LogP contribution in [0.1, 0.15) is 11.1 Å². The average molecular weight is 169 g/mol. The molecule has 0 aliphatic carbocycles. The van der Waals surface area contributed by atoms with Gasteiger partial charge in [0.15, 0.2) is 11.6 Å². The average Bonchev–Trinajstić information content (AvgIpc) is 2.12. The molecule has 1 heterocycles. The molecule has 0 saturated carbocycles. The van der Waals surface area contributed by atoms with Crippen LogP contribution in [-0.2, 0) is 13.0 Å². The molecule has 0 atom stereocenters. The molecule has 12 heavy (non-hydrogen) atoms. The van der Waals surface area contributed by atoms with Crippen molar-refractivity contribution in [2.45, 2.75) is 13.0 Å². The van der Waals surface area contributed by atoms with Crippen LogP contribution in [0, 0.1) is 11.6 Å². The van der Waals surface area contributed by atoms with E-state index in [9.17, 15) is 8.78 Å². The summed E-state index contributed by atoms with van der Waals surface area (Å²) in [6, 6.07) is 2.86. The lowest BCUT2D eigenvalue weighted by Crippen LogP contribution is -2.25. The normalized spacial score (nSPS) is 15.8. The Balaban J connectivity index is 2.54. The van der Waals surface area contributed by atoms with Gasteiger partial charge in [0.25, 0.3) is 0 Å². The van der Waals surface area contributed by atoms with Gasteiger partial charge < -0.3 is 5.32 Å². The Morgan fingerprint density at radius 3 is 2.92 bits per heavy atom. The third-order valence-electron chi connectivity index (χ3n) is 2.17. The van der Waals surface area contributed by atoms with E-state index in [0.717, 1.165) is 18.5 Å². The summed E-state index contributed by atoms with van der Waals surface area (Å²) in [4.78, 5) is 0. The van der Waals surface area contributed by atoms with E-state index in [1.165, 1.54) is 6.07 Å². The van der Waals surface area contributed by atoms with Gasteiger partial charge in [0.2, 0.25) is 0 Å². The number of fused-ring (bicyclic) bond motifs is 1. The lowest BCUT2D eigenvalue weighted by atomic mass is 10.0. The van der Waals surface area contributed by atoms with E-state index in [4.69, 9.17) is 0 Å². The predicted molar refractivity (Wildman–Crippen MR) is 41.8 cm³/mol. The van der Waals surface area contributed by atoms with Crippen molar-refractivity contribution in [3.8, 4) is 0 Å². The van der Waals surface area contributed by atoms with E-state index in [0.29, 0.717) is 12.1 Å². The van der Waals surface area contributed by atoms with Crippen molar-refractivity contribution in [1.29, 1.82) is 0 Å². The fraction of sp³-hybridized carbons (Fsp3) is 0.333. The molecule has 0 spiro atoms. The zero-order chi connectivity index (χ0) is 8.55. The molecule has 1 aromatic carbocycles. The van der Waals surface area contributed by atoms with Crippen LogP contribution in [0.5, 0.6) is 0 Å². The highest BCUT2D eigenvalue weighted by atomic mass is 19.2. The van der Waals surface area contributed by atoms with Crippen LogP contribution in [0.15, 0.2) is 12.1 Å². The van der Waals surface area contributed by atoms with Crippen molar-refractivity contribution < 1.29 is 8.78 Å². The summed E-state index contributed by atoms with van der Waals surface area (Å²) in [5.41, 5.74) is 1.41. The molecule has 0 fully saturated rings. The molecule has 2 rings (SSSR count). The van der Waals surface area contributed by atoms with Crippen LogP contribution in [0.25, 0.3) is 0 Å². The molecule has 0 radical (unpaired) electrons. The number of hydrogen-bond acceptors (Lipinski definition) is 1. The lowest BCUT2D eigenvalue weighted by molar-refractivity contribution is 0.483. The second kappa shape index (κ2) is 2.83. The Kier molecular flexibility index (Phi) is 1.81. The second-order valence-corrected chi connectivity index (χ2v) is 2.93. The van der Waals surface area contributed by atoms with Crippen LogP contribution >= 0.6 is 0 Å². The molecule has 3 heteroatoms. The fourth-order valence-electron chi connectivity index (χ4n) is 1.49. The molecule has 0 bridgehead atoms. The first-order chi connectivity index (χ1) is 5.79. The molecule has 1 aromatic rings. The predicted octanol–water partition coefficient (Wildman–Crippen LogP) is 1.61. The molecule has 1 N–H and O–H groups in total. The molecule has 0 aromatic heterocycles. The van der Waals surface area contributed by atoms with Gasteiger partial charge in [0, 0.05) is 12.1 Å². The van der Waals surface area contributed by atoms with Crippen molar-refractivity contribution in [2.75, 3.05) is 6.54 Å². The minimum Gasteiger partial charge on any atom is -0.312 e. The molecule has 0 amide bonds. The fourth-order valence-corrected chi connectivity index (χ4v) is 1.49. The molecule has 64 valence electrons. The second-order valence-electron chi connectivity index (χ2n) is 2.93. The van der Waals surface area contributed by atoms with Crippen LogP contribution < -0.4 is 5.32 Å². The van der Waals surface area contributed by atoms with Gasteiger partial charge in [-0.2, -0.15) is 0 Å².